The van der Waals surface area contributed by atoms with E-state index in [9.17, 15) is 14.2 Å². The van der Waals surface area contributed by atoms with Crippen LogP contribution in [0.25, 0.3) is 10.9 Å². The summed E-state index contributed by atoms with van der Waals surface area (Å²) in [6.45, 7) is 12.9. The van der Waals surface area contributed by atoms with Crippen molar-refractivity contribution in [3.8, 4) is 5.75 Å². The Bertz CT molecular complexity index is 2720. The first-order chi connectivity index (χ1) is 31.6. The number of anilines is 6. The third-order valence-electron chi connectivity index (χ3n) is 14.3. The van der Waals surface area contributed by atoms with Gasteiger partial charge in [0, 0.05) is 78.0 Å². The van der Waals surface area contributed by atoms with Crippen molar-refractivity contribution in [3.63, 3.8) is 0 Å². The van der Waals surface area contributed by atoms with Crippen molar-refractivity contribution in [2.75, 3.05) is 80.1 Å². The number of carbonyl (C=O) groups excluding carboxylic acids is 2. The minimum atomic E-state index is -2.76. The summed E-state index contributed by atoms with van der Waals surface area (Å²) in [5, 5.41) is 10.7. The molecule has 0 radical (unpaired) electrons. The van der Waals surface area contributed by atoms with Gasteiger partial charge >= 0.3 is 0 Å². The van der Waals surface area contributed by atoms with E-state index in [0.717, 1.165) is 98.2 Å². The number of aryl methyl sites for hydroxylation is 2. The molecule has 2 aromatic heterocycles. The summed E-state index contributed by atoms with van der Waals surface area (Å²) in [5.41, 5.74) is 5.80. The first-order valence-corrected chi connectivity index (χ1v) is 25.8. The number of pyridine rings is 1. The highest BCUT2D eigenvalue weighted by Gasteiger charge is 2.40. The number of ether oxygens (including phenoxy) is 1. The maximum absolute atomic E-state index is 15.3. The number of likely N-dealkylation sites (tertiary alicyclic amines) is 1. The zero-order valence-electron chi connectivity index (χ0n) is 38.1. The predicted molar refractivity (Wildman–Crippen MR) is 258 cm³/mol. The molecule has 4 fully saturated rings. The topological polar surface area (TPSA) is 145 Å². The van der Waals surface area contributed by atoms with Crippen LogP contribution in [-0.2, 0) is 14.2 Å². The van der Waals surface area contributed by atoms with Crippen molar-refractivity contribution in [2.45, 2.75) is 77.2 Å². The van der Waals surface area contributed by atoms with Crippen LogP contribution in [0.4, 0.5) is 43.3 Å². The van der Waals surface area contributed by atoms with Gasteiger partial charge in [0.05, 0.1) is 36.1 Å². The van der Waals surface area contributed by atoms with Crippen LogP contribution in [0.3, 0.4) is 0 Å². The van der Waals surface area contributed by atoms with E-state index in [-0.39, 0.29) is 18.4 Å². The van der Waals surface area contributed by atoms with E-state index < -0.39 is 36.5 Å². The molecule has 4 aliphatic rings. The smallest absolute Gasteiger partial charge is 0.234 e. The number of halogens is 3. The largest absolute Gasteiger partial charge is 0.494 e. The van der Waals surface area contributed by atoms with Crippen LogP contribution in [-0.4, -0.2) is 97.4 Å². The van der Waals surface area contributed by atoms with E-state index in [1.165, 1.54) is 18.3 Å². The first kappa shape index (κ1) is 45.8. The number of nitrogens with zero attached hydrogens (tertiary/aromatic N) is 6. The number of carbonyl (C=O) groups is 2. The number of benzene rings is 3. The molecule has 348 valence electrons. The second kappa shape index (κ2) is 18.4. The van der Waals surface area contributed by atoms with Crippen LogP contribution in [0, 0.1) is 30.9 Å². The summed E-state index contributed by atoms with van der Waals surface area (Å²) in [5.74, 6) is -2.17. The summed E-state index contributed by atoms with van der Waals surface area (Å²) < 4.78 is 50.1. The number of piperidine rings is 4. The number of rotatable bonds is 10. The number of aromatic nitrogens is 3. The molecule has 4 aliphatic heterocycles. The number of amides is 2. The molecule has 0 saturated carbocycles. The molecular weight excluding hydrogens is 883 g/mol. The SMILES string of the molecule is COc1cc(N2CCC3(CC2)CCN(C2CCN(c4cc(F)c([C@H]5CCC(=O)NC5=O)c(F)c4)CC2)CC3)c(C)cc1Nc1ncc(Cl)c(Nc2ccc3nc(C)ccc3c2P(C)(C)=O)n1. The van der Waals surface area contributed by atoms with Crippen LogP contribution in [0.1, 0.15) is 74.1 Å². The fraction of sp³-hybridized carbons (Fsp3) is 0.449. The standard InChI is InChI=1S/C49H57ClF2N9O4P/c1-29-24-40(56-48-53-28-35(50)46(58-48)55-39-10-9-38-33(7-6-30(2)54-38)45(39)66(4,5)64)42(65-3)27-41(29)61-22-16-49(17-23-61)14-20-60(21-15-49)31-12-18-59(19-13-31)32-25-36(51)44(37(52)26-32)34-8-11-43(62)57-47(34)63/h6-7,9-10,24-28,31,34H,8,11-23H2,1-5H3,(H,57,62,63)(H2,53,55,56,58)/t34-/m1/s1. The lowest BCUT2D eigenvalue weighted by molar-refractivity contribution is -0.134. The number of hydrogen-bond acceptors (Lipinski definition) is 12. The van der Waals surface area contributed by atoms with Crippen molar-refractivity contribution in [1.82, 2.24) is 25.2 Å². The zero-order valence-corrected chi connectivity index (χ0v) is 39.8. The Morgan fingerprint density at radius 1 is 0.848 bits per heavy atom. The molecule has 1 atom stereocenters. The third kappa shape index (κ3) is 9.31. The summed E-state index contributed by atoms with van der Waals surface area (Å²) in [6.07, 6.45) is 8.06. The van der Waals surface area contributed by atoms with Gasteiger partial charge in [-0.25, -0.2) is 13.8 Å². The first-order valence-electron chi connectivity index (χ1n) is 22.9. The Kier molecular flexibility index (Phi) is 12.7. The van der Waals surface area contributed by atoms with Gasteiger partial charge in [-0.1, -0.05) is 17.7 Å². The molecule has 13 nitrogen and oxygen atoms in total. The van der Waals surface area contributed by atoms with E-state index in [0.29, 0.717) is 63.8 Å². The molecular formula is C49H57ClF2N9O4P. The monoisotopic (exact) mass is 939 g/mol. The average Bonchev–Trinajstić information content (AvgIpc) is 3.28. The van der Waals surface area contributed by atoms with Crippen molar-refractivity contribution < 1.29 is 27.7 Å². The van der Waals surface area contributed by atoms with Gasteiger partial charge in [0.25, 0.3) is 0 Å². The van der Waals surface area contributed by atoms with Gasteiger partial charge in [-0.2, -0.15) is 4.98 Å². The molecule has 3 aromatic carbocycles. The molecule has 0 unspecified atom stereocenters. The van der Waals surface area contributed by atoms with Crippen LogP contribution in [0.15, 0.2) is 54.7 Å². The molecule has 1 spiro atoms. The number of nitrogens with one attached hydrogen (secondary N) is 3. The van der Waals surface area contributed by atoms with Crippen LogP contribution >= 0.6 is 18.7 Å². The fourth-order valence-corrected chi connectivity index (χ4v) is 12.3. The molecule has 6 heterocycles. The van der Waals surface area contributed by atoms with Crippen molar-refractivity contribution in [2.24, 2.45) is 5.41 Å². The van der Waals surface area contributed by atoms with Gasteiger partial charge in [-0.05, 0) is 133 Å². The molecule has 0 aliphatic carbocycles. The number of methoxy groups -OCH3 is 1. The van der Waals surface area contributed by atoms with Gasteiger partial charge in [0.1, 0.15) is 29.5 Å². The summed E-state index contributed by atoms with van der Waals surface area (Å²) >= 11 is 6.64. The molecule has 0 bridgehead atoms. The van der Waals surface area contributed by atoms with Gasteiger partial charge < -0.3 is 34.6 Å². The van der Waals surface area contributed by atoms with Crippen molar-refractivity contribution in [1.29, 1.82) is 0 Å². The zero-order chi connectivity index (χ0) is 46.5. The second-order valence-corrected chi connectivity index (χ2v) is 22.4. The van der Waals surface area contributed by atoms with Crippen LogP contribution in [0.5, 0.6) is 5.75 Å². The molecule has 17 heteroatoms. The summed E-state index contributed by atoms with van der Waals surface area (Å²) in [7, 11) is -1.10. The van der Waals surface area contributed by atoms with Gasteiger partial charge in [-0.3, -0.25) is 19.9 Å². The maximum atomic E-state index is 15.3. The molecule has 4 saturated heterocycles. The van der Waals surface area contributed by atoms with Crippen molar-refractivity contribution in [3.05, 3.63) is 88.2 Å². The van der Waals surface area contributed by atoms with Crippen molar-refractivity contribution >= 4 is 81.3 Å². The number of hydrogen-bond donors (Lipinski definition) is 3. The van der Waals surface area contributed by atoms with E-state index >= 15 is 8.78 Å². The lowest BCUT2D eigenvalue weighted by Gasteiger charge is -2.50. The van der Waals surface area contributed by atoms with Gasteiger partial charge in [-0.15, -0.1) is 0 Å². The molecule has 2 amide bonds. The Balaban J connectivity index is 0.798. The van der Waals surface area contributed by atoms with Crippen LogP contribution < -0.4 is 35.8 Å². The lowest BCUT2D eigenvalue weighted by atomic mass is 9.70. The van der Waals surface area contributed by atoms with E-state index in [1.54, 1.807) is 20.4 Å². The number of fused-ring (bicyclic) bond motifs is 1. The predicted octanol–water partition coefficient (Wildman–Crippen LogP) is 9.19. The summed E-state index contributed by atoms with van der Waals surface area (Å²) in [6, 6.07) is 14.9. The average molecular weight is 940 g/mol. The maximum Gasteiger partial charge on any atom is 0.234 e. The highest BCUT2D eigenvalue weighted by atomic mass is 35.5. The molecule has 66 heavy (non-hydrogen) atoms. The number of imide groups is 1. The highest BCUT2D eigenvalue weighted by molar-refractivity contribution is 7.71. The molecule has 3 N–H and O–H groups in total. The summed E-state index contributed by atoms with van der Waals surface area (Å²) in [4.78, 5) is 44.9. The van der Waals surface area contributed by atoms with Crippen LogP contribution in [0.2, 0.25) is 5.02 Å². The van der Waals surface area contributed by atoms with E-state index in [1.807, 2.05) is 36.1 Å². The minimum absolute atomic E-state index is 0.0638. The van der Waals surface area contributed by atoms with E-state index in [4.69, 9.17) is 21.3 Å². The molecule has 5 aromatic rings. The van der Waals surface area contributed by atoms with E-state index in [2.05, 4.69) is 54.8 Å². The Hall–Kier alpha value is -5.37. The molecule has 9 rings (SSSR count). The Morgan fingerprint density at radius 3 is 2.21 bits per heavy atom. The quantitative estimate of drug-likeness (QED) is 0.0907. The lowest BCUT2D eigenvalue weighted by Crippen LogP contribution is -2.52. The fourth-order valence-electron chi connectivity index (χ4n) is 10.6. The third-order valence-corrected chi connectivity index (χ3v) is 16.1. The van der Waals surface area contributed by atoms with Gasteiger partial charge in [0.15, 0.2) is 5.82 Å². The minimum Gasteiger partial charge on any atom is -0.494 e. The Labute approximate surface area is 389 Å². The highest BCUT2D eigenvalue weighted by Crippen LogP contribution is 2.46. The van der Waals surface area contributed by atoms with Gasteiger partial charge in [0.2, 0.25) is 17.8 Å². The second-order valence-electron chi connectivity index (χ2n) is 18.9. The normalized spacial score (nSPS) is 19.6. The Morgan fingerprint density at radius 2 is 1.55 bits per heavy atom.